The van der Waals surface area contributed by atoms with Crippen LogP contribution in [-0.4, -0.2) is 9.94 Å². The van der Waals surface area contributed by atoms with Crippen molar-refractivity contribution < 1.29 is 5.11 Å². The molecule has 0 spiro atoms. The van der Waals surface area contributed by atoms with Crippen LogP contribution in [0, 0.1) is 0 Å². The van der Waals surface area contributed by atoms with Gasteiger partial charge in [0.1, 0.15) is 5.76 Å². The van der Waals surface area contributed by atoms with E-state index in [0.29, 0.717) is 0 Å². The summed E-state index contributed by atoms with van der Waals surface area (Å²) in [6, 6.07) is 0. The molecule has 0 bridgehead atoms. The van der Waals surface area contributed by atoms with Crippen molar-refractivity contribution in [2.24, 2.45) is 0 Å². The lowest BCUT2D eigenvalue weighted by atomic mass is 10.5. The first kappa shape index (κ1) is 7.12. The fraction of sp³-hybridized carbons (Fsp3) is 0.500. The average Bonchev–Trinajstić information content (AvgIpc) is 1.65. The Labute approximate surface area is 52.5 Å². The zero-order chi connectivity index (χ0) is 5.86. The topological polar surface area (TPSA) is 20.2 Å². The third kappa shape index (κ3) is 2.77. The number of alkyl halides is 2. The van der Waals surface area contributed by atoms with E-state index in [-0.39, 0.29) is 5.76 Å². The number of hydrogen-bond acceptors (Lipinski definition) is 1. The molecule has 1 nitrogen and oxygen atoms in total. The molecule has 3 heteroatoms. The summed E-state index contributed by atoms with van der Waals surface area (Å²) in [5.41, 5.74) is 0. The number of hydrogen-bond donors (Lipinski definition) is 1. The second kappa shape index (κ2) is 3.16. The Bertz CT molecular complexity index is 77.8. The maximum Gasteiger partial charge on any atom is 0.163 e. The van der Waals surface area contributed by atoms with Crippen LogP contribution in [0.2, 0.25) is 0 Å². The molecule has 0 aliphatic carbocycles. The number of allylic oxidation sites excluding steroid dienone is 2. The second-order valence-corrected chi connectivity index (χ2v) is 2.11. The largest absolute Gasteiger partial charge is 0.510 e. The summed E-state index contributed by atoms with van der Waals surface area (Å²) in [4.78, 5) is -0.773. The molecule has 0 rings (SSSR count). The Kier molecular flexibility index (Phi) is 3.22. The lowest BCUT2D eigenvalue weighted by Gasteiger charge is -1.93. The predicted octanol–water partition coefficient (Wildman–Crippen LogP) is 2.25. The number of halogens is 2. The molecule has 0 aliphatic rings. The Hall–Kier alpha value is 0.120. The van der Waals surface area contributed by atoms with Crippen molar-refractivity contribution in [1.29, 1.82) is 0 Å². The summed E-state index contributed by atoms with van der Waals surface area (Å²) in [5, 5.41) is 8.53. The third-order valence-corrected chi connectivity index (χ3v) is 0.967. The van der Waals surface area contributed by atoms with E-state index in [1.807, 2.05) is 0 Å². The molecule has 7 heavy (non-hydrogen) atoms. The van der Waals surface area contributed by atoms with Gasteiger partial charge in [0.25, 0.3) is 0 Å². The molecular weight excluding hydrogens is 135 g/mol. The van der Waals surface area contributed by atoms with Crippen molar-refractivity contribution in [2.45, 2.75) is 11.8 Å². The summed E-state index contributed by atoms with van der Waals surface area (Å²) >= 11 is 10.4. The molecule has 0 unspecified atom stereocenters. The molecule has 0 atom stereocenters. The number of rotatable bonds is 1. The first-order valence-electron chi connectivity index (χ1n) is 1.81. The first-order valence-corrected chi connectivity index (χ1v) is 2.69. The van der Waals surface area contributed by atoms with Gasteiger partial charge in [-0.25, -0.2) is 0 Å². The monoisotopic (exact) mass is 140 g/mol. The van der Waals surface area contributed by atoms with Crippen LogP contribution in [0.3, 0.4) is 0 Å². The quantitative estimate of drug-likeness (QED) is 0.438. The maximum atomic E-state index is 8.53. The molecule has 0 aromatic carbocycles. The Morgan fingerprint density at radius 2 is 2.14 bits per heavy atom. The van der Waals surface area contributed by atoms with E-state index < -0.39 is 4.84 Å². The van der Waals surface area contributed by atoms with Gasteiger partial charge in [0.2, 0.25) is 0 Å². The van der Waals surface area contributed by atoms with E-state index in [2.05, 4.69) is 0 Å². The summed E-state index contributed by atoms with van der Waals surface area (Å²) in [7, 11) is 0. The molecule has 0 radical (unpaired) electrons. The molecule has 0 aromatic heterocycles. The summed E-state index contributed by atoms with van der Waals surface area (Å²) < 4.78 is 0. The van der Waals surface area contributed by atoms with Gasteiger partial charge >= 0.3 is 0 Å². The van der Waals surface area contributed by atoms with Crippen LogP contribution in [0.1, 0.15) is 6.92 Å². The van der Waals surface area contributed by atoms with Crippen molar-refractivity contribution >= 4 is 23.2 Å². The smallest absolute Gasteiger partial charge is 0.163 e. The van der Waals surface area contributed by atoms with Gasteiger partial charge in [-0.15, -0.1) is 0 Å². The molecule has 0 amide bonds. The van der Waals surface area contributed by atoms with Crippen LogP contribution in [0.5, 0.6) is 0 Å². The molecule has 0 fully saturated rings. The highest BCUT2D eigenvalue weighted by Gasteiger charge is 1.99. The predicted molar refractivity (Wildman–Crippen MR) is 31.9 cm³/mol. The van der Waals surface area contributed by atoms with Gasteiger partial charge in [-0.2, -0.15) is 0 Å². The van der Waals surface area contributed by atoms with Crippen LogP contribution in [0.4, 0.5) is 0 Å². The zero-order valence-corrected chi connectivity index (χ0v) is 5.37. The highest BCUT2D eigenvalue weighted by atomic mass is 35.5. The summed E-state index contributed by atoms with van der Waals surface area (Å²) in [6.45, 7) is 1.66. The lowest BCUT2D eigenvalue weighted by Crippen LogP contribution is -1.89. The molecule has 1 N–H and O–H groups in total. The maximum absolute atomic E-state index is 8.53. The second-order valence-electron chi connectivity index (χ2n) is 1.01. The molecule has 0 saturated carbocycles. The zero-order valence-electron chi connectivity index (χ0n) is 3.86. The minimum Gasteiger partial charge on any atom is -0.510 e. The molecular formula is C4H6Cl2O. The highest BCUT2D eigenvalue weighted by molar-refractivity contribution is 6.45. The van der Waals surface area contributed by atoms with Gasteiger partial charge in [0.05, 0.1) is 0 Å². The van der Waals surface area contributed by atoms with Gasteiger partial charge in [-0.05, 0) is 13.0 Å². The molecule has 0 aromatic rings. The van der Waals surface area contributed by atoms with Crippen LogP contribution in [-0.2, 0) is 0 Å². The van der Waals surface area contributed by atoms with Gasteiger partial charge in [-0.3, -0.25) is 0 Å². The van der Waals surface area contributed by atoms with Crippen molar-refractivity contribution in [3.63, 3.8) is 0 Å². The minimum absolute atomic E-state index is 0.00309. The Morgan fingerprint density at radius 1 is 1.71 bits per heavy atom. The van der Waals surface area contributed by atoms with Crippen LogP contribution < -0.4 is 0 Å². The first-order chi connectivity index (χ1) is 3.18. The van der Waals surface area contributed by atoms with Gasteiger partial charge in [-0.1, -0.05) is 23.2 Å². The summed E-state index contributed by atoms with van der Waals surface area (Å²) in [5.74, 6) is 0.00309. The van der Waals surface area contributed by atoms with Gasteiger partial charge < -0.3 is 5.11 Å². The molecule has 0 aliphatic heterocycles. The highest BCUT2D eigenvalue weighted by Crippen LogP contribution is 2.09. The lowest BCUT2D eigenvalue weighted by molar-refractivity contribution is 0.408. The Balaban J connectivity index is 3.56. The Morgan fingerprint density at radius 3 is 2.14 bits per heavy atom. The SMILES string of the molecule is CC=C(O)C(Cl)Cl. The molecule has 0 saturated heterocycles. The minimum atomic E-state index is -0.773. The van der Waals surface area contributed by atoms with E-state index >= 15 is 0 Å². The van der Waals surface area contributed by atoms with Crippen molar-refractivity contribution in [1.82, 2.24) is 0 Å². The van der Waals surface area contributed by atoms with Crippen LogP contribution in [0.25, 0.3) is 0 Å². The fourth-order valence-electron chi connectivity index (χ4n) is 0.126. The van der Waals surface area contributed by atoms with Crippen molar-refractivity contribution in [2.75, 3.05) is 0 Å². The fourth-order valence-corrected chi connectivity index (χ4v) is 0.378. The third-order valence-electron chi connectivity index (χ3n) is 0.519. The van der Waals surface area contributed by atoms with E-state index in [1.54, 1.807) is 6.92 Å². The van der Waals surface area contributed by atoms with E-state index in [1.165, 1.54) is 6.08 Å². The normalized spacial score (nSPS) is 12.9. The van der Waals surface area contributed by atoms with Crippen molar-refractivity contribution in [3.8, 4) is 0 Å². The van der Waals surface area contributed by atoms with E-state index in [9.17, 15) is 0 Å². The number of aliphatic hydroxyl groups excluding tert-OH is 1. The van der Waals surface area contributed by atoms with Gasteiger partial charge in [0, 0.05) is 0 Å². The number of aliphatic hydroxyl groups is 1. The van der Waals surface area contributed by atoms with Crippen LogP contribution in [0.15, 0.2) is 11.8 Å². The van der Waals surface area contributed by atoms with Gasteiger partial charge in [0.15, 0.2) is 4.84 Å². The standard InChI is InChI=1S/C4H6Cl2O/c1-2-3(7)4(5)6/h2,4,7H,1H3. The van der Waals surface area contributed by atoms with Crippen molar-refractivity contribution in [3.05, 3.63) is 11.8 Å². The average molecular weight is 141 g/mol. The molecule has 42 valence electrons. The van der Waals surface area contributed by atoms with E-state index in [4.69, 9.17) is 28.3 Å². The van der Waals surface area contributed by atoms with Crippen LogP contribution >= 0.6 is 23.2 Å². The molecule has 0 heterocycles. The van der Waals surface area contributed by atoms with E-state index in [0.717, 1.165) is 0 Å². The summed E-state index contributed by atoms with van der Waals surface area (Å²) in [6.07, 6.45) is 1.45.